The fraction of sp³-hybridized carbons (Fsp3) is 0.923. The first-order valence-corrected chi connectivity index (χ1v) is 19.5. The Labute approximate surface area is 278 Å². The van der Waals surface area contributed by atoms with Crippen LogP contribution in [-0.4, -0.2) is 37.2 Å². The second-order valence-electron chi connectivity index (χ2n) is 13.2. The van der Waals surface area contributed by atoms with Crippen molar-refractivity contribution in [3.05, 3.63) is 0 Å². The highest BCUT2D eigenvalue weighted by molar-refractivity contribution is 5.71. The molecule has 0 aliphatic rings. The summed E-state index contributed by atoms with van der Waals surface area (Å²) in [6.45, 7) is 6.50. The van der Waals surface area contributed by atoms with Crippen molar-refractivity contribution in [2.24, 2.45) is 0 Å². The molecule has 266 valence electrons. The Hall–Kier alpha value is -1.59. The topological polar surface area (TPSA) is 78.9 Å². The minimum Gasteiger partial charge on any atom is -0.462 e. The lowest BCUT2D eigenvalue weighted by Gasteiger charge is -2.18. The normalized spacial score (nSPS) is 11.8. The SMILES string of the molecule is CCCCCCCCCCCCCCCCCC(=O)OC[C@@H](COC(=O)CCCCCCCCC)OC(=O)CCCCCCC. The molecule has 0 bridgehead atoms. The Morgan fingerprint density at radius 2 is 0.600 bits per heavy atom. The van der Waals surface area contributed by atoms with E-state index in [1.807, 2.05) is 0 Å². The van der Waals surface area contributed by atoms with Gasteiger partial charge in [0.1, 0.15) is 13.2 Å². The number of ether oxygens (including phenoxy) is 3. The molecule has 0 fully saturated rings. The minimum atomic E-state index is -0.754. The molecule has 0 aliphatic heterocycles. The predicted octanol–water partition coefficient (Wildman–Crippen LogP) is 11.7. The molecule has 0 spiro atoms. The Bertz CT molecular complexity index is 664. The summed E-state index contributed by atoms with van der Waals surface area (Å²) in [7, 11) is 0. The van der Waals surface area contributed by atoms with E-state index in [4.69, 9.17) is 14.2 Å². The van der Waals surface area contributed by atoms with Crippen LogP contribution in [0.4, 0.5) is 0 Å². The molecular weight excluding hydrogens is 564 g/mol. The van der Waals surface area contributed by atoms with Crippen LogP contribution in [0.15, 0.2) is 0 Å². The van der Waals surface area contributed by atoms with Crippen molar-refractivity contribution in [3.63, 3.8) is 0 Å². The zero-order chi connectivity index (χ0) is 33.1. The second kappa shape index (κ2) is 35.3. The van der Waals surface area contributed by atoms with E-state index < -0.39 is 6.10 Å². The van der Waals surface area contributed by atoms with Crippen LogP contribution in [0.2, 0.25) is 0 Å². The molecule has 0 rings (SSSR count). The van der Waals surface area contributed by atoms with E-state index in [0.717, 1.165) is 64.2 Å². The van der Waals surface area contributed by atoms with Gasteiger partial charge in [0.05, 0.1) is 0 Å². The summed E-state index contributed by atoms with van der Waals surface area (Å²) in [5, 5.41) is 0. The summed E-state index contributed by atoms with van der Waals surface area (Å²) in [4.78, 5) is 37.1. The molecule has 6 heteroatoms. The van der Waals surface area contributed by atoms with E-state index in [1.165, 1.54) is 109 Å². The monoisotopic (exact) mass is 639 g/mol. The van der Waals surface area contributed by atoms with Crippen molar-refractivity contribution in [1.82, 2.24) is 0 Å². The summed E-state index contributed by atoms with van der Waals surface area (Å²) in [5.41, 5.74) is 0. The van der Waals surface area contributed by atoms with Gasteiger partial charge in [-0.25, -0.2) is 0 Å². The van der Waals surface area contributed by atoms with Gasteiger partial charge in [-0.15, -0.1) is 0 Å². The first-order valence-electron chi connectivity index (χ1n) is 19.5. The number of hydrogen-bond acceptors (Lipinski definition) is 6. The zero-order valence-electron chi connectivity index (χ0n) is 30.2. The molecule has 0 aromatic rings. The van der Waals surface area contributed by atoms with E-state index in [1.54, 1.807) is 0 Å². The molecule has 6 nitrogen and oxygen atoms in total. The first-order chi connectivity index (χ1) is 22.0. The number of unbranched alkanes of at least 4 members (excludes halogenated alkanes) is 24. The summed E-state index contributed by atoms with van der Waals surface area (Å²) in [5.74, 6) is -0.883. The van der Waals surface area contributed by atoms with Gasteiger partial charge in [-0.3, -0.25) is 14.4 Å². The number of carbonyl (C=O) groups is 3. The molecule has 0 N–H and O–H groups in total. The second-order valence-corrected chi connectivity index (χ2v) is 13.2. The van der Waals surface area contributed by atoms with E-state index in [9.17, 15) is 14.4 Å². The maximum atomic E-state index is 12.4. The lowest BCUT2D eigenvalue weighted by atomic mass is 10.0. The molecule has 0 aliphatic carbocycles. The fourth-order valence-corrected chi connectivity index (χ4v) is 5.62. The fourth-order valence-electron chi connectivity index (χ4n) is 5.62. The lowest BCUT2D eigenvalue weighted by molar-refractivity contribution is -0.167. The zero-order valence-corrected chi connectivity index (χ0v) is 30.2. The third kappa shape index (κ3) is 33.6. The smallest absolute Gasteiger partial charge is 0.306 e. The Morgan fingerprint density at radius 1 is 0.356 bits per heavy atom. The maximum Gasteiger partial charge on any atom is 0.306 e. The van der Waals surface area contributed by atoms with E-state index in [-0.39, 0.29) is 31.1 Å². The number of hydrogen-bond donors (Lipinski definition) is 0. The molecule has 0 radical (unpaired) electrons. The summed E-state index contributed by atoms with van der Waals surface area (Å²) >= 11 is 0. The van der Waals surface area contributed by atoms with Crippen LogP contribution in [0.25, 0.3) is 0 Å². The third-order valence-corrected chi connectivity index (χ3v) is 8.61. The largest absolute Gasteiger partial charge is 0.462 e. The molecule has 0 unspecified atom stereocenters. The average Bonchev–Trinajstić information content (AvgIpc) is 3.03. The van der Waals surface area contributed by atoms with Gasteiger partial charge >= 0.3 is 17.9 Å². The summed E-state index contributed by atoms with van der Waals surface area (Å²) < 4.78 is 16.5. The molecule has 45 heavy (non-hydrogen) atoms. The lowest BCUT2D eigenvalue weighted by Crippen LogP contribution is -2.30. The molecular formula is C39H74O6. The number of rotatable bonds is 35. The van der Waals surface area contributed by atoms with Gasteiger partial charge in [0.25, 0.3) is 0 Å². The molecule has 0 amide bonds. The van der Waals surface area contributed by atoms with Crippen LogP contribution in [0.1, 0.15) is 213 Å². The standard InChI is InChI=1S/C39H74O6/c1-4-7-10-13-15-16-17-18-19-20-21-22-24-27-29-32-38(41)44-35-36(45-39(42)33-30-25-12-9-6-3)34-43-37(40)31-28-26-23-14-11-8-5-2/h36H,4-35H2,1-3H3/t36-/m1/s1. The van der Waals surface area contributed by atoms with Crippen molar-refractivity contribution in [2.45, 2.75) is 219 Å². The summed E-state index contributed by atoms with van der Waals surface area (Å²) in [6, 6.07) is 0. The van der Waals surface area contributed by atoms with Crippen molar-refractivity contribution in [2.75, 3.05) is 13.2 Å². The van der Waals surface area contributed by atoms with Crippen LogP contribution in [0.3, 0.4) is 0 Å². The van der Waals surface area contributed by atoms with Crippen molar-refractivity contribution in [3.8, 4) is 0 Å². The van der Waals surface area contributed by atoms with Gasteiger partial charge < -0.3 is 14.2 Å². The van der Waals surface area contributed by atoms with Crippen LogP contribution in [-0.2, 0) is 28.6 Å². The number of esters is 3. The molecule has 0 aromatic heterocycles. The van der Waals surface area contributed by atoms with Crippen LogP contribution in [0.5, 0.6) is 0 Å². The van der Waals surface area contributed by atoms with E-state index in [0.29, 0.717) is 19.3 Å². The van der Waals surface area contributed by atoms with E-state index in [2.05, 4.69) is 20.8 Å². The highest BCUT2D eigenvalue weighted by atomic mass is 16.6. The maximum absolute atomic E-state index is 12.4. The van der Waals surface area contributed by atoms with Crippen molar-refractivity contribution in [1.29, 1.82) is 0 Å². The third-order valence-electron chi connectivity index (χ3n) is 8.61. The van der Waals surface area contributed by atoms with Gasteiger partial charge in [0, 0.05) is 19.3 Å². The minimum absolute atomic E-state index is 0.0656. The summed E-state index contributed by atoms with van der Waals surface area (Å²) in [6.07, 6.45) is 32.7. The molecule has 0 saturated carbocycles. The molecule has 0 aromatic carbocycles. The number of carbonyl (C=O) groups excluding carboxylic acids is 3. The Morgan fingerprint density at radius 3 is 0.889 bits per heavy atom. The Balaban J connectivity index is 4.13. The van der Waals surface area contributed by atoms with Gasteiger partial charge in [-0.1, -0.05) is 175 Å². The molecule has 0 heterocycles. The predicted molar refractivity (Wildman–Crippen MR) is 187 cm³/mol. The quantitative estimate of drug-likeness (QED) is 0.0390. The Kier molecular flexibility index (Phi) is 34.0. The first kappa shape index (κ1) is 43.4. The molecule has 1 atom stereocenters. The highest BCUT2D eigenvalue weighted by Gasteiger charge is 2.19. The average molecular weight is 639 g/mol. The van der Waals surface area contributed by atoms with Crippen molar-refractivity contribution < 1.29 is 28.6 Å². The van der Waals surface area contributed by atoms with Crippen molar-refractivity contribution >= 4 is 17.9 Å². The van der Waals surface area contributed by atoms with Gasteiger partial charge in [-0.05, 0) is 19.3 Å². The highest BCUT2D eigenvalue weighted by Crippen LogP contribution is 2.15. The van der Waals surface area contributed by atoms with Gasteiger partial charge in [0.2, 0.25) is 0 Å². The van der Waals surface area contributed by atoms with Crippen LogP contribution < -0.4 is 0 Å². The van der Waals surface area contributed by atoms with Crippen LogP contribution in [0, 0.1) is 0 Å². The van der Waals surface area contributed by atoms with E-state index >= 15 is 0 Å². The van der Waals surface area contributed by atoms with Gasteiger partial charge in [0.15, 0.2) is 6.10 Å². The van der Waals surface area contributed by atoms with Gasteiger partial charge in [-0.2, -0.15) is 0 Å². The molecule has 0 saturated heterocycles. The van der Waals surface area contributed by atoms with Crippen LogP contribution >= 0.6 is 0 Å².